The van der Waals surface area contributed by atoms with Crippen molar-refractivity contribution in [1.29, 1.82) is 0 Å². The molecule has 4 rings (SSSR count). The molecule has 2 aromatic carbocycles. The molecule has 1 fully saturated rings. The minimum Gasteiger partial charge on any atom is -0.447 e. The van der Waals surface area contributed by atoms with Crippen molar-refractivity contribution in [3.8, 4) is 0 Å². The van der Waals surface area contributed by atoms with Gasteiger partial charge in [-0.3, -0.25) is 9.69 Å². The summed E-state index contributed by atoms with van der Waals surface area (Å²) in [6.45, 7) is 6.94. The molecule has 168 valence electrons. The van der Waals surface area contributed by atoms with Crippen LogP contribution in [-0.2, 0) is 19.6 Å². The molecule has 0 bridgehead atoms. The fourth-order valence-corrected chi connectivity index (χ4v) is 3.89. The molecule has 1 aromatic heterocycles. The van der Waals surface area contributed by atoms with Gasteiger partial charge in [0, 0.05) is 39.3 Å². The number of likely N-dealkylation sites (N-methyl/N-ethyl adjacent to an activating group) is 1. The van der Waals surface area contributed by atoms with E-state index in [9.17, 15) is 9.18 Å². The molecular formula is C25H29FN4O2. The molecule has 0 radical (unpaired) electrons. The Bertz CT molecular complexity index is 1040. The average Bonchev–Trinajstić information content (AvgIpc) is 3.25. The second-order valence-corrected chi connectivity index (χ2v) is 8.42. The van der Waals surface area contributed by atoms with Crippen LogP contribution in [0.2, 0.25) is 0 Å². The van der Waals surface area contributed by atoms with Crippen LogP contribution in [-0.4, -0.2) is 58.8 Å². The van der Waals surface area contributed by atoms with Gasteiger partial charge in [-0.15, -0.1) is 0 Å². The Morgan fingerprint density at radius 3 is 2.47 bits per heavy atom. The Morgan fingerprint density at radius 2 is 1.75 bits per heavy atom. The third-order valence-electron chi connectivity index (χ3n) is 5.89. The lowest BCUT2D eigenvalue weighted by molar-refractivity contribution is 0.0658. The summed E-state index contributed by atoms with van der Waals surface area (Å²) >= 11 is 0. The number of hydrogen-bond donors (Lipinski definition) is 0. The van der Waals surface area contributed by atoms with Gasteiger partial charge < -0.3 is 14.2 Å². The zero-order chi connectivity index (χ0) is 22.5. The number of oxazole rings is 1. The Hall–Kier alpha value is -3.03. The van der Waals surface area contributed by atoms with Crippen molar-refractivity contribution in [2.45, 2.75) is 26.6 Å². The van der Waals surface area contributed by atoms with E-state index in [0.29, 0.717) is 44.3 Å². The van der Waals surface area contributed by atoms with Crippen LogP contribution in [0.15, 0.2) is 59.2 Å². The van der Waals surface area contributed by atoms with E-state index in [4.69, 9.17) is 4.42 Å². The van der Waals surface area contributed by atoms with Gasteiger partial charge in [-0.2, -0.15) is 0 Å². The molecule has 0 atom stereocenters. The highest BCUT2D eigenvalue weighted by Gasteiger charge is 2.23. The molecule has 32 heavy (non-hydrogen) atoms. The standard InChI is InChI=1S/C25H29FN4O2/c1-19-5-3-4-6-21(19)16-29(15-20-7-9-22(26)10-8-20)17-24-27-23(18-32-24)25(31)30-13-11-28(2)12-14-30/h3-10,18H,11-17H2,1-2H3. The van der Waals surface area contributed by atoms with Crippen LogP contribution in [0.3, 0.4) is 0 Å². The zero-order valence-corrected chi connectivity index (χ0v) is 18.6. The van der Waals surface area contributed by atoms with E-state index in [2.05, 4.69) is 40.9 Å². The number of aromatic nitrogens is 1. The van der Waals surface area contributed by atoms with E-state index in [1.54, 1.807) is 12.1 Å². The number of nitrogens with zero attached hydrogens (tertiary/aromatic N) is 4. The van der Waals surface area contributed by atoms with Gasteiger partial charge in [0.05, 0.1) is 6.54 Å². The fourth-order valence-electron chi connectivity index (χ4n) is 3.89. The summed E-state index contributed by atoms with van der Waals surface area (Å²) < 4.78 is 19.0. The lowest BCUT2D eigenvalue weighted by Crippen LogP contribution is -2.47. The minimum absolute atomic E-state index is 0.0860. The summed E-state index contributed by atoms with van der Waals surface area (Å²) in [4.78, 5) is 23.5. The maximum absolute atomic E-state index is 13.3. The SMILES string of the molecule is Cc1ccccc1CN(Cc1ccc(F)cc1)Cc1nc(C(=O)N2CCN(C)CC2)co1. The van der Waals surface area contributed by atoms with E-state index in [0.717, 1.165) is 18.7 Å². The molecule has 0 saturated carbocycles. The molecule has 0 spiro atoms. The van der Waals surface area contributed by atoms with Crippen molar-refractivity contribution in [3.63, 3.8) is 0 Å². The molecular weight excluding hydrogens is 407 g/mol. The predicted octanol–water partition coefficient (Wildman–Crippen LogP) is 3.71. The number of carbonyl (C=O) groups excluding carboxylic acids is 1. The third-order valence-corrected chi connectivity index (χ3v) is 5.89. The van der Waals surface area contributed by atoms with Gasteiger partial charge in [-0.1, -0.05) is 36.4 Å². The van der Waals surface area contributed by atoms with Crippen molar-refractivity contribution in [3.05, 3.63) is 88.9 Å². The number of hydrogen-bond acceptors (Lipinski definition) is 5. The van der Waals surface area contributed by atoms with Crippen molar-refractivity contribution >= 4 is 5.91 Å². The van der Waals surface area contributed by atoms with Crippen LogP contribution in [0.4, 0.5) is 4.39 Å². The van der Waals surface area contributed by atoms with Crippen LogP contribution in [0.1, 0.15) is 33.1 Å². The summed E-state index contributed by atoms with van der Waals surface area (Å²) in [6.07, 6.45) is 1.46. The maximum atomic E-state index is 13.3. The van der Waals surface area contributed by atoms with Gasteiger partial charge in [0.25, 0.3) is 5.91 Å². The molecule has 1 amide bonds. The van der Waals surface area contributed by atoms with Gasteiger partial charge in [-0.25, -0.2) is 9.37 Å². The number of carbonyl (C=O) groups is 1. The topological polar surface area (TPSA) is 52.8 Å². The van der Waals surface area contributed by atoms with E-state index >= 15 is 0 Å². The highest BCUT2D eigenvalue weighted by atomic mass is 19.1. The molecule has 1 saturated heterocycles. The van der Waals surface area contributed by atoms with Crippen molar-refractivity contribution in [2.75, 3.05) is 33.2 Å². The molecule has 1 aliphatic heterocycles. The second-order valence-electron chi connectivity index (χ2n) is 8.42. The van der Waals surface area contributed by atoms with E-state index in [-0.39, 0.29) is 11.7 Å². The smallest absolute Gasteiger partial charge is 0.275 e. The summed E-state index contributed by atoms with van der Waals surface area (Å²) in [5.41, 5.74) is 3.76. The number of piperazine rings is 1. The Labute approximate surface area is 188 Å². The van der Waals surface area contributed by atoms with Crippen LogP contribution < -0.4 is 0 Å². The van der Waals surface area contributed by atoms with Gasteiger partial charge in [-0.05, 0) is 42.8 Å². The van der Waals surface area contributed by atoms with Crippen LogP contribution in [0, 0.1) is 12.7 Å². The summed E-state index contributed by atoms with van der Waals surface area (Å²) in [5.74, 6) is 0.161. The summed E-state index contributed by atoms with van der Waals surface area (Å²) in [6, 6.07) is 14.8. The first-order valence-electron chi connectivity index (χ1n) is 10.9. The fraction of sp³-hybridized carbons (Fsp3) is 0.360. The molecule has 0 aliphatic carbocycles. The van der Waals surface area contributed by atoms with Gasteiger partial charge in [0.15, 0.2) is 5.69 Å². The summed E-state index contributed by atoms with van der Waals surface area (Å²) in [5, 5.41) is 0. The Balaban J connectivity index is 1.48. The summed E-state index contributed by atoms with van der Waals surface area (Å²) in [7, 11) is 2.06. The number of amides is 1. The average molecular weight is 437 g/mol. The second kappa shape index (κ2) is 10.1. The number of aryl methyl sites for hydroxylation is 1. The van der Waals surface area contributed by atoms with Crippen molar-refractivity contribution < 1.29 is 13.6 Å². The highest BCUT2D eigenvalue weighted by Crippen LogP contribution is 2.17. The van der Waals surface area contributed by atoms with E-state index in [1.807, 2.05) is 17.0 Å². The monoisotopic (exact) mass is 436 g/mol. The number of halogens is 1. The van der Waals surface area contributed by atoms with Gasteiger partial charge in [0.1, 0.15) is 12.1 Å². The molecule has 3 aromatic rings. The van der Waals surface area contributed by atoms with Crippen LogP contribution in [0.5, 0.6) is 0 Å². The largest absolute Gasteiger partial charge is 0.447 e. The zero-order valence-electron chi connectivity index (χ0n) is 18.6. The molecule has 7 heteroatoms. The van der Waals surface area contributed by atoms with Gasteiger partial charge >= 0.3 is 0 Å². The molecule has 0 unspecified atom stereocenters. The van der Waals surface area contributed by atoms with Crippen LogP contribution in [0.25, 0.3) is 0 Å². The first-order chi connectivity index (χ1) is 15.5. The normalized spacial score (nSPS) is 14.8. The maximum Gasteiger partial charge on any atom is 0.275 e. The lowest BCUT2D eigenvalue weighted by Gasteiger charge is -2.31. The lowest BCUT2D eigenvalue weighted by atomic mass is 10.1. The van der Waals surface area contributed by atoms with Crippen molar-refractivity contribution in [1.82, 2.24) is 19.7 Å². The molecule has 2 heterocycles. The highest BCUT2D eigenvalue weighted by molar-refractivity contribution is 5.92. The Morgan fingerprint density at radius 1 is 1.03 bits per heavy atom. The molecule has 6 nitrogen and oxygen atoms in total. The number of benzene rings is 2. The minimum atomic E-state index is -0.251. The molecule has 1 aliphatic rings. The van der Waals surface area contributed by atoms with Gasteiger partial charge in [0.2, 0.25) is 5.89 Å². The van der Waals surface area contributed by atoms with Crippen LogP contribution >= 0.6 is 0 Å². The quantitative estimate of drug-likeness (QED) is 0.565. The first-order valence-corrected chi connectivity index (χ1v) is 10.9. The number of rotatable bonds is 7. The van der Waals surface area contributed by atoms with E-state index < -0.39 is 0 Å². The molecule has 0 N–H and O–H groups in total. The predicted molar refractivity (Wildman–Crippen MR) is 120 cm³/mol. The Kier molecular flexibility index (Phi) is 6.97. The third kappa shape index (κ3) is 5.60. The van der Waals surface area contributed by atoms with Crippen molar-refractivity contribution in [2.24, 2.45) is 0 Å². The van der Waals surface area contributed by atoms with E-state index in [1.165, 1.54) is 29.5 Å². The first kappa shape index (κ1) is 22.2.